The number of aryl methyl sites for hydroxylation is 2. The van der Waals surface area contributed by atoms with Gasteiger partial charge in [0.25, 0.3) is 5.91 Å². The van der Waals surface area contributed by atoms with Crippen molar-refractivity contribution in [3.63, 3.8) is 0 Å². The van der Waals surface area contributed by atoms with E-state index in [2.05, 4.69) is 29.6 Å². The van der Waals surface area contributed by atoms with Crippen LogP contribution in [0.2, 0.25) is 0 Å². The van der Waals surface area contributed by atoms with Crippen molar-refractivity contribution in [2.24, 2.45) is 0 Å². The molecule has 1 aliphatic carbocycles. The fourth-order valence-electron chi connectivity index (χ4n) is 3.24. The van der Waals surface area contributed by atoms with E-state index in [1.807, 2.05) is 31.2 Å². The van der Waals surface area contributed by atoms with Gasteiger partial charge in [0, 0.05) is 17.2 Å². The topological polar surface area (TPSA) is 38.3 Å². The Hall–Kier alpha value is -1.94. The van der Waals surface area contributed by atoms with E-state index in [4.69, 9.17) is 4.74 Å². The van der Waals surface area contributed by atoms with Crippen molar-refractivity contribution < 1.29 is 9.53 Å². The molecule has 0 saturated heterocycles. The van der Waals surface area contributed by atoms with Crippen LogP contribution in [0, 0.1) is 0 Å². The van der Waals surface area contributed by atoms with Crippen LogP contribution in [0.3, 0.4) is 0 Å². The third-order valence-electron chi connectivity index (χ3n) is 4.67. The largest absolute Gasteiger partial charge is 0.481 e. The Balaban J connectivity index is 1.47. The zero-order valence-electron chi connectivity index (χ0n) is 15.4. The lowest BCUT2D eigenvalue weighted by Gasteiger charge is -2.20. The molecular weight excluding hydrogens is 342 g/mol. The van der Waals surface area contributed by atoms with Gasteiger partial charge in [0.2, 0.25) is 0 Å². The molecule has 1 N–H and O–H groups in total. The maximum Gasteiger partial charge on any atom is 0.261 e. The number of fused-ring (bicyclic) bond motifs is 1. The van der Waals surface area contributed by atoms with Gasteiger partial charge >= 0.3 is 0 Å². The molecule has 1 atom stereocenters. The molecule has 0 fully saturated rings. The van der Waals surface area contributed by atoms with Gasteiger partial charge in [-0.1, -0.05) is 31.2 Å². The van der Waals surface area contributed by atoms with Gasteiger partial charge in [-0.3, -0.25) is 4.79 Å². The number of amides is 1. The number of thioether (sulfide) groups is 1. The second-order valence-electron chi connectivity index (χ2n) is 6.60. The van der Waals surface area contributed by atoms with E-state index in [0.29, 0.717) is 13.0 Å². The van der Waals surface area contributed by atoms with E-state index >= 15 is 0 Å². The lowest BCUT2D eigenvalue weighted by molar-refractivity contribution is -0.127. The van der Waals surface area contributed by atoms with E-state index in [-0.39, 0.29) is 5.91 Å². The number of benzene rings is 2. The van der Waals surface area contributed by atoms with Crippen LogP contribution in [0.1, 0.15) is 37.3 Å². The highest BCUT2D eigenvalue weighted by molar-refractivity contribution is 7.99. The second-order valence-corrected chi connectivity index (χ2v) is 7.77. The van der Waals surface area contributed by atoms with Gasteiger partial charge in [-0.15, -0.1) is 11.8 Å². The first-order chi connectivity index (χ1) is 12.8. The van der Waals surface area contributed by atoms with Crippen LogP contribution < -0.4 is 10.1 Å². The molecule has 138 valence electrons. The molecule has 3 nitrogen and oxygen atoms in total. The van der Waals surface area contributed by atoms with Crippen LogP contribution in [-0.4, -0.2) is 24.3 Å². The summed E-state index contributed by atoms with van der Waals surface area (Å²) in [5.41, 5.74) is 2.81. The molecule has 1 aliphatic rings. The molecule has 0 radical (unpaired) electrons. The third-order valence-corrected chi connectivity index (χ3v) is 5.69. The second kappa shape index (κ2) is 9.67. The first-order valence-electron chi connectivity index (χ1n) is 9.50. The third kappa shape index (κ3) is 5.28. The van der Waals surface area contributed by atoms with Crippen LogP contribution in [-0.2, 0) is 17.6 Å². The molecule has 3 rings (SSSR count). The SMILES string of the molecule is CC[C@H](Oc1ccc2c(c1)CCCC2)C(=O)NCCSc1ccccc1. The number of nitrogens with one attached hydrogen (secondary N) is 1. The van der Waals surface area contributed by atoms with Crippen LogP contribution in [0.5, 0.6) is 5.75 Å². The highest BCUT2D eigenvalue weighted by atomic mass is 32.2. The van der Waals surface area contributed by atoms with Gasteiger partial charge < -0.3 is 10.1 Å². The number of ether oxygens (including phenoxy) is 1. The summed E-state index contributed by atoms with van der Waals surface area (Å²) in [6.07, 6.45) is 5.02. The fourth-order valence-corrected chi connectivity index (χ4v) is 4.03. The Bertz CT molecular complexity index is 717. The van der Waals surface area contributed by atoms with Gasteiger partial charge in [0.15, 0.2) is 6.10 Å². The molecule has 0 saturated carbocycles. The van der Waals surface area contributed by atoms with E-state index in [1.165, 1.54) is 28.9 Å². The number of hydrogen-bond acceptors (Lipinski definition) is 3. The fraction of sp³-hybridized carbons (Fsp3) is 0.409. The monoisotopic (exact) mass is 369 g/mol. The minimum Gasteiger partial charge on any atom is -0.481 e. The lowest BCUT2D eigenvalue weighted by Crippen LogP contribution is -2.39. The zero-order chi connectivity index (χ0) is 18.2. The van der Waals surface area contributed by atoms with Crippen molar-refractivity contribution in [3.05, 3.63) is 59.7 Å². The standard InChI is InChI=1S/C22H27NO2S/c1-2-21(22(24)23-14-15-26-20-10-4-3-5-11-20)25-19-13-12-17-8-6-7-9-18(17)16-19/h3-5,10-13,16,21H,2,6-9,14-15H2,1H3,(H,23,24)/t21-/m0/s1. The van der Waals surface area contributed by atoms with Crippen molar-refractivity contribution in [2.45, 2.75) is 50.0 Å². The zero-order valence-corrected chi connectivity index (χ0v) is 16.2. The van der Waals surface area contributed by atoms with Crippen molar-refractivity contribution in [1.29, 1.82) is 0 Å². The van der Waals surface area contributed by atoms with Crippen LogP contribution in [0.15, 0.2) is 53.4 Å². The summed E-state index contributed by atoms with van der Waals surface area (Å²) in [4.78, 5) is 13.7. The normalized spacial score (nSPS) is 14.3. The Kier molecular flexibility index (Phi) is 7.01. The Morgan fingerprint density at radius 2 is 1.88 bits per heavy atom. The summed E-state index contributed by atoms with van der Waals surface area (Å²) in [5.74, 6) is 1.63. The first kappa shape index (κ1) is 18.8. The number of carbonyl (C=O) groups excluding carboxylic acids is 1. The smallest absolute Gasteiger partial charge is 0.261 e. The Morgan fingerprint density at radius 3 is 2.65 bits per heavy atom. The quantitative estimate of drug-likeness (QED) is 0.544. The summed E-state index contributed by atoms with van der Waals surface area (Å²) in [6.45, 7) is 2.63. The molecule has 1 amide bonds. The van der Waals surface area contributed by atoms with Crippen LogP contribution in [0.4, 0.5) is 0 Å². The molecule has 0 unspecified atom stereocenters. The van der Waals surface area contributed by atoms with Gasteiger partial charge in [0.05, 0.1) is 0 Å². The number of hydrogen-bond donors (Lipinski definition) is 1. The number of rotatable bonds is 8. The Morgan fingerprint density at radius 1 is 1.12 bits per heavy atom. The summed E-state index contributed by atoms with van der Waals surface area (Å²) in [7, 11) is 0. The van der Waals surface area contributed by atoms with E-state index < -0.39 is 6.10 Å². The van der Waals surface area contributed by atoms with Gasteiger partial charge in [-0.2, -0.15) is 0 Å². The molecule has 0 aromatic heterocycles. The van der Waals surface area contributed by atoms with E-state index in [0.717, 1.165) is 24.3 Å². The molecule has 0 aliphatic heterocycles. The predicted octanol–water partition coefficient (Wildman–Crippen LogP) is 4.63. The van der Waals surface area contributed by atoms with Crippen molar-refractivity contribution in [1.82, 2.24) is 5.32 Å². The summed E-state index contributed by atoms with van der Waals surface area (Å²) < 4.78 is 5.99. The molecular formula is C22H27NO2S. The maximum atomic E-state index is 12.4. The minimum atomic E-state index is -0.432. The van der Waals surface area contributed by atoms with Gasteiger partial charge in [-0.05, 0) is 67.5 Å². The molecule has 26 heavy (non-hydrogen) atoms. The molecule has 0 heterocycles. The van der Waals surface area contributed by atoms with Crippen molar-refractivity contribution in [2.75, 3.05) is 12.3 Å². The van der Waals surface area contributed by atoms with E-state index in [9.17, 15) is 4.79 Å². The maximum absolute atomic E-state index is 12.4. The first-order valence-corrected chi connectivity index (χ1v) is 10.5. The highest BCUT2D eigenvalue weighted by Gasteiger charge is 2.19. The molecule has 4 heteroatoms. The van der Waals surface area contributed by atoms with Crippen LogP contribution >= 0.6 is 11.8 Å². The van der Waals surface area contributed by atoms with Crippen molar-refractivity contribution in [3.8, 4) is 5.75 Å². The van der Waals surface area contributed by atoms with Crippen LogP contribution in [0.25, 0.3) is 0 Å². The highest BCUT2D eigenvalue weighted by Crippen LogP contribution is 2.26. The molecule has 2 aromatic rings. The summed E-state index contributed by atoms with van der Waals surface area (Å²) >= 11 is 1.75. The molecule has 0 bridgehead atoms. The number of carbonyl (C=O) groups is 1. The lowest BCUT2D eigenvalue weighted by atomic mass is 9.92. The van der Waals surface area contributed by atoms with E-state index in [1.54, 1.807) is 11.8 Å². The predicted molar refractivity (Wildman–Crippen MR) is 108 cm³/mol. The molecule has 0 spiro atoms. The van der Waals surface area contributed by atoms with Crippen molar-refractivity contribution >= 4 is 17.7 Å². The average molecular weight is 370 g/mol. The Labute approximate surface area is 160 Å². The van der Waals surface area contributed by atoms with Gasteiger partial charge in [0.1, 0.15) is 5.75 Å². The molecule has 2 aromatic carbocycles. The summed E-state index contributed by atoms with van der Waals surface area (Å²) in [6, 6.07) is 16.5. The summed E-state index contributed by atoms with van der Waals surface area (Å²) in [5, 5.41) is 3.00. The minimum absolute atomic E-state index is 0.0288. The van der Waals surface area contributed by atoms with Gasteiger partial charge in [-0.25, -0.2) is 0 Å². The average Bonchev–Trinajstić information content (AvgIpc) is 2.70.